The summed E-state index contributed by atoms with van der Waals surface area (Å²) >= 11 is 0. The molecule has 0 spiro atoms. The lowest BCUT2D eigenvalue weighted by Gasteiger charge is -2.14. The molecule has 0 aliphatic heterocycles. The molecule has 6 nitrogen and oxygen atoms in total. The lowest BCUT2D eigenvalue weighted by molar-refractivity contribution is 0.148. The fraction of sp³-hybridized carbons (Fsp3) is 0.316. The summed E-state index contributed by atoms with van der Waals surface area (Å²) in [5.41, 5.74) is 1.12. The van der Waals surface area contributed by atoms with E-state index in [-0.39, 0.29) is 23.4 Å². The molecule has 4 rings (SSSR count). The van der Waals surface area contributed by atoms with E-state index in [0.717, 1.165) is 43.2 Å². The molecule has 1 aliphatic carbocycles. The Kier molecular flexibility index (Phi) is 4.54. The van der Waals surface area contributed by atoms with Gasteiger partial charge >= 0.3 is 0 Å². The maximum absolute atomic E-state index is 13.7. The van der Waals surface area contributed by atoms with E-state index in [4.69, 9.17) is 0 Å². The topological polar surface area (TPSA) is 97.0 Å². The minimum absolute atomic E-state index is 0. The van der Waals surface area contributed by atoms with Gasteiger partial charge in [0.25, 0.3) is 6.43 Å². The predicted octanol–water partition coefficient (Wildman–Crippen LogP) is 4.10. The van der Waals surface area contributed by atoms with E-state index in [1.165, 1.54) is 12.1 Å². The highest BCUT2D eigenvalue weighted by Gasteiger charge is 2.31. The minimum Gasteiger partial charge on any atom is -0.281 e. The monoisotopic (exact) mass is 442 g/mol. The normalized spacial score (nSPS) is 15.3. The van der Waals surface area contributed by atoms with E-state index in [1.807, 2.05) is 0 Å². The lowest BCUT2D eigenvalue weighted by atomic mass is 9.97. The number of aromatic nitrogens is 2. The Hall–Kier alpha value is -2.33. The smallest absolute Gasteiger partial charge is 0.265 e. The maximum atomic E-state index is 13.7. The van der Waals surface area contributed by atoms with Gasteiger partial charge in [-0.05, 0) is 42.7 Å². The van der Waals surface area contributed by atoms with Crippen molar-refractivity contribution >= 4 is 30.6 Å². The highest BCUT2D eigenvalue weighted by molar-refractivity contribution is 7.91. The summed E-state index contributed by atoms with van der Waals surface area (Å²) in [6.07, 6.45) is 0.725. The Labute approximate surface area is 168 Å². The van der Waals surface area contributed by atoms with Crippen LogP contribution in [0.15, 0.2) is 40.1 Å². The van der Waals surface area contributed by atoms with Crippen LogP contribution in [0.5, 0.6) is 0 Å². The van der Waals surface area contributed by atoms with E-state index < -0.39 is 36.6 Å². The first-order chi connectivity index (χ1) is 13.5. The van der Waals surface area contributed by atoms with E-state index in [9.17, 15) is 25.6 Å². The molecule has 1 aromatic heterocycles. The van der Waals surface area contributed by atoms with Crippen LogP contribution < -0.4 is 0 Å². The molecule has 0 saturated heterocycles. The van der Waals surface area contributed by atoms with Crippen molar-refractivity contribution in [3.05, 3.63) is 41.6 Å². The van der Waals surface area contributed by atoms with Crippen LogP contribution in [0.1, 0.15) is 37.9 Å². The summed E-state index contributed by atoms with van der Waals surface area (Å²) in [6, 6.07) is 6.52. The number of nitrogens with zero attached hydrogens (tertiary/aromatic N) is 1. The molecule has 1 heterocycles. The number of halogens is 2. The number of hydrogen-bond acceptors (Lipinski definition) is 5. The van der Waals surface area contributed by atoms with Gasteiger partial charge < -0.3 is 0 Å². The quantitative estimate of drug-likeness (QED) is 0.642. The third-order valence-corrected chi connectivity index (χ3v) is 7.34. The zero-order valence-electron chi connectivity index (χ0n) is 15.6. The molecule has 0 atom stereocenters. The van der Waals surface area contributed by atoms with Gasteiger partial charge in [0, 0.05) is 42.1 Å². The molecular weight excluding hydrogens is 422 g/mol. The Balaban J connectivity index is 0.00000256. The van der Waals surface area contributed by atoms with Crippen LogP contribution in [-0.2, 0) is 19.7 Å². The van der Waals surface area contributed by atoms with E-state index >= 15 is 0 Å². The molecule has 1 saturated carbocycles. The van der Waals surface area contributed by atoms with Crippen molar-refractivity contribution in [2.45, 2.75) is 35.0 Å². The third kappa shape index (κ3) is 3.55. The Morgan fingerprint density at radius 2 is 1.66 bits per heavy atom. The van der Waals surface area contributed by atoms with Crippen LogP contribution >= 0.6 is 0 Å². The Morgan fingerprint density at radius 3 is 2.21 bits per heavy atom. The molecule has 156 valence electrons. The first kappa shape index (κ1) is 20.0. The van der Waals surface area contributed by atoms with Gasteiger partial charge in [0.2, 0.25) is 0 Å². The van der Waals surface area contributed by atoms with E-state index in [2.05, 4.69) is 10.2 Å². The number of alkyl halides is 2. The molecule has 1 fully saturated rings. The minimum atomic E-state index is -3.88. The second kappa shape index (κ2) is 6.60. The number of fused-ring (bicyclic) bond motifs is 1. The number of benzene rings is 2. The standard InChI is InChI=1S/C19H18F2N2O4S2.H2/c1-28(24,25)14-7-5-11(9-12(14)19(20)21)16-15(29(2,26)27)8-6-13-17(16)18(23-22-13)10-3-4-10;/h5-10,19H,3-4H2,1-2H3,(H,22,23);1H. The number of rotatable bonds is 5. The summed E-state index contributed by atoms with van der Waals surface area (Å²) in [7, 11) is -7.57. The van der Waals surface area contributed by atoms with E-state index in [0.29, 0.717) is 10.9 Å². The van der Waals surface area contributed by atoms with E-state index in [1.54, 1.807) is 6.07 Å². The van der Waals surface area contributed by atoms with Crippen molar-refractivity contribution in [2.75, 3.05) is 12.5 Å². The molecule has 2 aromatic carbocycles. The summed E-state index contributed by atoms with van der Waals surface area (Å²) in [5, 5.41) is 7.76. The highest BCUT2D eigenvalue weighted by Crippen LogP contribution is 2.46. The molecule has 0 radical (unpaired) electrons. The van der Waals surface area contributed by atoms with Crippen LogP contribution in [0, 0.1) is 0 Å². The van der Waals surface area contributed by atoms with Gasteiger partial charge in [0.1, 0.15) is 0 Å². The highest BCUT2D eigenvalue weighted by atomic mass is 32.2. The number of sulfone groups is 2. The second-order valence-corrected chi connectivity index (χ2v) is 11.3. The van der Waals surface area contributed by atoms with Crippen molar-refractivity contribution in [3.8, 4) is 11.1 Å². The van der Waals surface area contributed by atoms with Gasteiger partial charge in [-0.25, -0.2) is 25.6 Å². The zero-order chi connectivity index (χ0) is 21.1. The summed E-state index contributed by atoms with van der Waals surface area (Å²) in [6.45, 7) is 0. The second-order valence-electron chi connectivity index (χ2n) is 7.34. The summed E-state index contributed by atoms with van der Waals surface area (Å²) in [4.78, 5) is -0.487. The Morgan fingerprint density at radius 1 is 1.03 bits per heavy atom. The van der Waals surface area contributed by atoms with Crippen LogP contribution in [0.25, 0.3) is 22.0 Å². The number of hydrogen-bond donors (Lipinski definition) is 1. The number of aromatic amines is 1. The number of nitrogens with one attached hydrogen (secondary N) is 1. The van der Waals surface area contributed by atoms with Gasteiger partial charge in [0.05, 0.1) is 15.3 Å². The summed E-state index contributed by atoms with van der Waals surface area (Å²) < 4.78 is 76.1. The SMILES string of the molecule is CS(=O)(=O)c1ccc(-c2c(S(C)(=O)=O)ccc3n[nH]c(C4CC4)c23)cc1C(F)F.[HH]. The summed E-state index contributed by atoms with van der Waals surface area (Å²) in [5.74, 6) is 0.207. The lowest BCUT2D eigenvalue weighted by Crippen LogP contribution is -2.05. The maximum Gasteiger partial charge on any atom is 0.265 e. The molecule has 0 unspecified atom stereocenters. The molecule has 29 heavy (non-hydrogen) atoms. The predicted molar refractivity (Wildman–Crippen MR) is 107 cm³/mol. The van der Waals surface area contributed by atoms with Crippen LogP contribution in [0.4, 0.5) is 8.78 Å². The van der Waals surface area contributed by atoms with Crippen LogP contribution in [0.3, 0.4) is 0 Å². The molecule has 0 amide bonds. The van der Waals surface area contributed by atoms with Crippen molar-refractivity contribution in [3.63, 3.8) is 0 Å². The van der Waals surface area contributed by atoms with Crippen molar-refractivity contribution in [1.82, 2.24) is 10.2 Å². The van der Waals surface area contributed by atoms with Gasteiger partial charge in [-0.2, -0.15) is 5.10 Å². The van der Waals surface area contributed by atoms with Crippen molar-refractivity contribution < 1.29 is 27.0 Å². The Bertz CT molecular complexity index is 1350. The van der Waals surface area contributed by atoms with Crippen LogP contribution in [0.2, 0.25) is 0 Å². The van der Waals surface area contributed by atoms with Crippen molar-refractivity contribution in [2.24, 2.45) is 0 Å². The molecule has 1 N–H and O–H groups in total. The fourth-order valence-corrected chi connectivity index (χ4v) is 5.39. The largest absolute Gasteiger partial charge is 0.281 e. The molecule has 1 aliphatic rings. The number of H-pyrrole nitrogens is 1. The first-order valence-electron chi connectivity index (χ1n) is 8.82. The van der Waals surface area contributed by atoms with Crippen molar-refractivity contribution in [1.29, 1.82) is 0 Å². The van der Waals surface area contributed by atoms with Gasteiger partial charge in [0.15, 0.2) is 19.7 Å². The zero-order valence-corrected chi connectivity index (χ0v) is 17.2. The fourth-order valence-electron chi connectivity index (χ4n) is 3.59. The average Bonchev–Trinajstić information content (AvgIpc) is 3.37. The average molecular weight is 443 g/mol. The van der Waals surface area contributed by atoms with Gasteiger partial charge in [-0.1, -0.05) is 6.07 Å². The molecule has 10 heteroatoms. The molecule has 0 bridgehead atoms. The molecule has 3 aromatic rings. The van der Waals surface area contributed by atoms with Crippen LogP contribution in [-0.4, -0.2) is 39.5 Å². The third-order valence-electron chi connectivity index (χ3n) is 5.03. The van der Waals surface area contributed by atoms with Gasteiger partial charge in [-0.3, -0.25) is 5.10 Å². The molecular formula is C19H20F2N2O4S2. The van der Waals surface area contributed by atoms with Gasteiger partial charge in [-0.15, -0.1) is 0 Å². The first-order valence-corrected chi connectivity index (χ1v) is 12.6.